The summed E-state index contributed by atoms with van der Waals surface area (Å²) in [7, 11) is 0. The summed E-state index contributed by atoms with van der Waals surface area (Å²) >= 11 is 0. The number of alkyl halides is 2. The molecule has 0 heterocycles. The van der Waals surface area contributed by atoms with Crippen LogP contribution in [0.25, 0.3) is 6.08 Å². The minimum atomic E-state index is -3.57. The van der Waals surface area contributed by atoms with Crippen LogP contribution >= 0.6 is 0 Å². The van der Waals surface area contributed by atoms with Crippen molar-refractivity contribution in [3.05, 3.63) is 89.5 Å². The molecule has 7 nitrogen and oxygen atoms in total. The fourth-order valence-corrected chi connectivity index (χ4v) is 3.05. The molecule has 0 amide bonds. The third-order valence-corrected chi connectivity index (χ3v) is 4.97. The van der Waals surface area contributed by atoms with Gasteiger partial charge in [-0.05, 0) is 66.6 Å². The Kier molecular flexibility index (Phi) is 8.84. The van der Waals surface area contributed by atoms with Crippen LogP contribution in [0.3, 0.4) is 0 Å². The molecule has 0 saturated carbocycles. The maximum Gasteiger partial charge on any atom is 0.426 e. The smallest absolute Gasteiger partial charge is 0.426 e. The van der Waals surface area contributed by atoms with Crippen molar-refractivity contribution in [2.75, 3.05) is 18.1 Å². The van der Waals surface area contributed by atoms with Crippen LogP contribution in [0.2, 0.25) is 0 Å². The van der Waals surface area contributed by atoms with Crippen LogP contribution in [0.5, 0.6) is 11.5 Å². The molecule has 0 radical (unpaired) electrons. The molecule has 0 aliphatic carbocycles. The second-order valence-electron chi connectivity index (χ2n) is 7.72. The topological polar surface area (TPSA) is 121 Å². The highest BCUT2D eigenvalue weighted by Crippen LogP contribution is 2.32. The van der Waals surface area contributed by atoms with Gasteiger partial charge in [-0.15, -0.1) is 0 Å². The van der Waals surface area contributed by atoms with Gasteiger partial charge in [-0.3, -0.25) is 0 Å². The van der Waals surface area contributed by atoms with Gasteiger partial charge in [0.05, 0.1) is 18.2 Å². The number of halogens is 2. The first kappa shape index (κ1) is 26.0. The van der Waals surface area contributed by atoms with E-state index < -0.39 is 12.1 Å². The highest BCUT2D eigenvalue weighted by atomic mass is 19.3. The third kappa shape index (κ3) is 7.74. The minimum Gasteiger partial charge on any atom is -0.494 e. The molecule has 186 valence electrons. The first-order valence-electron chi connectivity index (χ1n) is 11.0. The number of nitrogen functional groups attached to an aromatic ring is 2. The lowest BCUT2D eigenvalue weighted by atomic mass is 10.2. The van der Waals surface area contributed by atoms with Crippen LogP contribution < -0.4 is 20.9 Å². The second-order valence-corrected chi connectivity index (χ2v) is 7.72. The second kappa shape index (κ2) is 12.2. The number of nitrogens with two attached hydrogens (primary N) is 2. The number of esters is 1. The zero-order valence-corrected chi connectivity index (χ0v) is 19.3. The van der Waals surface area contributed by atoms with Gasteiger partial charge in [0.25, 0.3) is 0 Å². The largest absolute Gasteiger partial charge is 0.494 e. The van der Waals surface area contributed by atoms with Gasteiger partial charge in [0, 0.05) is 29.4 Å². The van der Waals surface area contributed by atoms with Gasteiger partial charge in [0.1, 0.15) is 18.1 Å². The van der Waals surface area contributed by atoms with E-state index in [4.69, 9.17) is 30.9 Å². The molecule has 3 aromatic rings. The van der Waals surface area contributed by atoms with Gasteiger partial charge in [0.2, 0.25) is 0 Å². The van der Waals surface area contributed by atoms with Crippen LogP contribution in [0.1, 0.15) is 29.5 Å². The monoisotopic (exact) mass is 493 g/mol. The maximum atomic E-state index is 14.6. The lowest BCUT2D eigenvalue weighted by molar-refractivity contribution is -0.185. The number of nitrogens with zero attached hydrogens (tertiary/aromatic N) is 1. The van der Waals surface area contributed by atoms with Gasteiger partial charge in [0.15, 0.2) is 0 Å². The summed E-state index contributed by atoms with van der Waals surface area (Å²) in [5.74, 6) is -0.204. The van der Waals surface area contributed by atoms with E-state index in [1.807, 2.05) is 6.07 Å². The molecule has 3 rings (SSSR count). The number of rotatable bonds is 11. The first-order chi connectivity index (χ1) is 17.3. The molecule has 0 fully saturated rings. The summed E-state index contributed by atoms with van der Waals surface area (Å²) in [6, 6.07) is 18.0. The Morgan fingerprint density at radius 1 is 1.00 bits per heavy atom. The highest BCUT2D eigenvalue weighted by molar-refractivity contribution is 5.87. The number of benzene rings is 3. The summed E-state index contributed by atoms with van der Waals surface area (Å²) < 4.78 is 44.6. The highest BCUT2D eigenvalue weighted by Gasteiger charge is 2.34. The Morgan fingerprint density at radius 3 is 2.36 bits per heavy atom. The third-order valence-electron chi connectivity index (χ3n) is 4.97. The molecule has 0 unspecified atom stereocenters. The summed E-state index contributed by atoms with van der Waals surface area (Å²) in [4.78, 5) is 12.0. The van der Waals surface area contributed by atoms with Crippen molar-refractivity contribution in [3.63, 3.8) is 0 Å². The molecule has 0 bridgehead atoms. The quantitative estimate of drug-likeness (QED) is 0.158. The van der Waals surface area contributed by atoms with Gasteiger partial charge in [-0.1, -0.05) is 18.2 Å². The van der Waals surface area contributed by atoms with E-state index in [0.717, 1.165) is 0 Å². The number of carbonyl (C=O) groups excluding carboxylic acids is 1. The zero-order valence-electron chi connectivity index (χ0n) is 19.3. The van der Waals surface area contributed by atoms with Crippen molar-refractivity contribution in [1.29, 1.82) is 5.26 Å². The molecule has 0 aliphatic heterocycles. The average molecular weight is 494 g/mol. The van der Waals surface area contributed by atoms with Gasteiger partial charge in [-0.25, -0.2) is 4.79 Å². The molecule has 0 saturated heterocycles. The van der Waals surface area contributed by atoms with Gasteiger partial charge in [-0.2, -0.15) is 14.0 Å². The van der Waals surface area contributed by atoms with Crippen molar-refractivity contribution in [1.82, 2.24) is 0 Å². The van der Waals surface area contributed by atoms with Crippen LogP contribution in [-0.2, 0) is 22.2 Å². The molecule has 3 aromatic carbocycles. The number of carbonyl (C=O) groups is 1. The molecule has 0 aliphatic rings. The fourth-order valence-electron chi connectivity index (χ4n) is 3.05. The maximum absolute atomic E-state index is 14.6. The van der Waals surface area contributed by atoms with Gasteiger partial charge >= 0.3 is 12.1 Å². The van der Waals surface area contributed by atoms with Crippen molar-refractivity contribution in [3.8, 4) is 17.6 Å². The van der Waals surface area contributed by atoms with Gasteiger partial charge < -0.3 is 25.7 Å². The van der Waals surface area contributed by atoms with E-state index in [1.165, 1.54) is 60.7 Å². The van der Waals surface area contributed by atoms with E-state index in [-0.39, 0.29) is 17.9 Å². The number of nitriles is 1. The molecule has 4 N–H and O–H groups in total. The molecule has 0 atom stereocenters. The lowest BCUT2D eigenvalue weighted by Gasteiger charge is -2.18. The molecule has 0 spiro atoms. The van der Waals surface area contributed by atoms with Crippen LogP contribution in [0.4, 0.5) is 20.2 Å². The predicted octanol–water partition coefficient (Wildman–Crippen LogP) is 5.42. The van der Waals surface area contributed by atoms with E-state index in [9.17, 15) is 13.6 Å². The molecular formula is C27H25F2N3O4. The SMILES string of the molecule is N#CCCCOc1ccc(C(F)(F)Oc2ccc(/C=C/C(=O)OCc3ccc(N)cc3N)cc2)cc1. The summed E-state index contributed by atoms with van der Waals surface area (Å²) in [6.07, 6.45) is 0.0731. The summed E-state index contributed by atoms with van der Waals surface area (Å²) in [5.41, 5.74) is 13.3. The molecular weight excluding hydrogens is 468 g/mol. The number of unbranched alkanes of at least 4 members (excludes halogenated alkanes) is 1. The van der Waals surface area contributed by atoms with E-state index >= 15 is 0 Å². The number of hydrogen-bond donors (Lipinski definition) is 2. The van der Waals surface area contributed by atoms with Crippen LogP contribution in [0, 0.1) is 11.3 Å². The van der Waals surface area contributed by atoms with Crippen molar-refractivity contribution >= 4 is 23.4 Å². The number of anilines is 2. The van der Waals surface area contributed by atoms with Crippen molar-refractivity contribution in [2.45, 2.75) is 25.6 Å². The first-order valence-corrected chi connectivity index (χ1v) is 11.0. The minimum absolute atomic E-state index is 0.00849. The predicted molar refractivity (Wildman–Crippen MR) is 132 cm³/mol. The summed E-state index contributed by atoms with van der Waals surface area (Å²) in [6.45, 7) is 0.320. The van der Waals surface area contributed by atoms with E-state index in [0.29, 0.717) is 47.7 Å². The standard InChI is InChI=1S/C27H25F2N3O4/c28-27(29,21-7-12-23(13-8-21)34-16-2-1-15-30)36-24-10-3-19(4-11-24)5-14-26(33)35-18-20-6-9-22(31)17-25(20)32/h3-14,17H,1-2,16,18,31-32H2/b14-5+. The Labute approximate surface area is 207 Å². The summed E-state index contributed by atoms with van der Waals surface area (Å²) in [5, 5.41) is 8.51. The van der Waals surface area contributed by atoms with E-state index in [2.05, 4.69) is 0 Å². The Balaban J connectivity index is 1.51. The lowest BCUT2D eigenvalue weighted by Crippen LogP contribution is -2.21. The van der Waals surface area contributed by atoms with E-state index in [1.54, 1.807) is 18.2 Å². The normalized spacial score (nSPS) is 11.1. The van der Waals surface area contributed by atoms with Crippen LogP contribution in [0.15, 0.2) is 72.8 Å². The van der Waals surface area contributed by atoms with Crippen molar-refractivity contribution in [2.24, 2.45) is 0 Å². The Hall–Kier alpha value is -4.58. The fraction of sp³-hybridized carbons (Fsp3) is 0.185. The number of ether oxygens (including phenoxy) is 3. The van der Waals surface area contributed by atoms with Crippen molar-refractivity contribution < 1.29 is 27.8 Å². The molecule has 0 aromatic heterocycles. The molecule has 9 heteroatoms. The average Bonchev–Trinajstić information content (AvgIpc) is 2.86. The molecule has 36 heavy (non-hydrogen) atoms. The Morgan fingerprint density at radius 2 is 1.69 bits per heavy atom. The Bertz CT molecular complexity index is 1240. The number of hydrogen-bond acceptors (Lipinski definition) is 7. The van der Waals surface area contributed by atoms with Crippen LogP contribution in [-0.4, -0.2) is 12.6 Å². The zero-order chi connectivity index (χ0) is 26.0.